The Kier molecular flexibility index (Phi) is 2.71. The summed E-state index contributed by atoms with van der Waals surface area (Å²) in [6, 6.07) is 14.8. The van der Waals surface area contributed by atoms with E-state index in [1.54, 1.807) is 0 Å². The van der Waals surface area contributed by atoms with Crippen LogP contribution in [0.1, 0.15) is 25.3 Å². The summed E-state index contributed by atoms with van der Waals surface area (Å²) in [5.41, 5.74) is 3.73. The molecule has 0 saturated carbocycles. The van der Waals surface area contributed by atoms with E-state index in [2.05, 4.69) is 44.2 Å². The van der Waals surface area contributed by atoms with Crippen LogP contribution in [0.5, 0.6) is 11.5 Å². The maximum absolute atomic E-state index is 5.40. The van der Waals surface area contributed by atoms with Crippen molar-refractivity contribution in [3.8, 4) is 22.6 Å². The summed E-state index contributed by atoms with van der Waals surface area (Å²) < 4.78 is 10.7. The first-order valence-electron chi connectivity index (χ1n) is 6.24. The minimum Gasteiger partial charge on any atom is -0.454 e. The number of fused-ring (bicyclic) bond motifs is 1. The standard InChI is InChI=1S/C16H16O2/c1-11(2)12-3-5-13(6-4-12)14-7-8-15-16(9-14)18-10-17-15/h3-9,11H,10H2,1-2H3. The van der Waals surface area contributed by atoms with Gasteiger partial charge in [-0.15, -0.1) is 0 Å². The maximum Gasteiger partial charge on any atom is 0.231 e. The second-order valence-corrected chi connectivity index (χ2v) is 4.84. The molecule has 2 aromatic carbocycles. The summed E-state index contributed by atoms with van der Waals surface area (Å²) in [4.78, 5) is 0. The molecule has 1 aliphatic rings. The molecular weight excluding hydrogens is 224 g/mol. The van der Waals surface area contributed by atoms with E-state index >= 15 is 0 Å². The quantitative estimate of drug-likeness (QED) is 0.783. The molecule has 0 saturated heterocycles. The summed E-state index contributed by atoms with van der Waals surface area (Å²) in [6.07, 6.45) is 0. The molecule has 0 atom stereocenters. The molecule has 2 heteroatoms. The molecule has 1 aliphatic heterocycles. The van der Waals surface area contributed by atoms with E-state index in [1.807, 2.05) is 12.1 Å². The van der Waals surface area contributed by atoms with Gasteiger partial charge < -0.3 is 9.47 Å². The van der Waals surface area contributed by atoms with Gasteiger partial charge in [0.05, 0.1) is 0 Å². The molecule has 0 aliphatic carbocycles. The van der Waals surface area contributed by atoms with Crippen LogP contribution in [0.2, 0.25) is 0 Å². The number of hydrogen-bond donors (Lipinski definition) is 0. The second kappa shape index (κ2) is 4.37. The van der Waals surface area contributed by atoms with Gasteiger partial charge in [0.1, 0.15) is 0 Å². The lowest BCUT2D eigenvalue weighted by Gasteiger charge is -2.07. The fourth-order valence-electron chi connectivity index (χ4n) is 2.14. The van der Waals surface area contributed by atoms with Crippen LogP contribution in [0, 0.1) is 0 Å². The normalized spacial score (nSPS) is 13.1. The predicted molar refractivity (Wildman–Crippen MR) is 72.1 cm³/mol. The summed E-state index contributed by atoms with van der Waals surface area (Å²) in [7, 11) is 0. The maximum atomic E-state index is 5.40. The van der Waals surface area contributed by atoms with Gasteiger partial charge in [-0.1, -0.05) is 44.2 Å². The Hall–Kier alpha value is -1.96. The third kappa shape index (κ3) is 1.94. The highest BCUT2D eigenvalue weighted by atomic mass is 16.7. The van der Waals surface area contributed by atoms with Crippen LogP contribution in [0.4, 0.5) is 0 Å². The van der Waals surface area contributed by atoms with Crippen molar-refractivity contribution in [3.63, 3.8) is 0 Å². The van der Waals surface area contributed by atoms with Gasteiger partial charge in [-0.25, -0.2) is 0 Å². The summed E-state index contributed by atoms with van der Waals surface area (Å²) in [6.45, 7) is 4.73. The van der Waals surface area contributed by atoms with E-state index in [1.165, 1.54) is 11.1 Å². The molecule has 0 radical (unpaired) electrons. The van der Waals surface area contributed by atoms with Crippen molar-refractivity contribution in [2.75, 3.05) is 6.79 Å². The van der Waals surface area contributed by atoms with Crippen LogP contribution in [0.25, 0.3) is 11.1 Å². The van der Waals surface area contributed by atoms with E-state index in [-0.39, 0.29) is 0 Å². The summed E-state index contributed by atoms with van der Waals surface area (Å²) in [5.74, 6) is 2.23. The molecule has 2 nitrogen and oxygen atoms in total. The van der Waals surface area contributed by atoms with Crippen molar-refractivity contribution in [2.24, 2.45) is 0 Å². The van der Waals surface area contributed by atoms with Crippen LogP contribution in [-0.4, -0.2) is 6.79 Å². The smallest absolute Gasteiger partial charge is 0.231 e. The first-order valence-corrected chi connectivity index (χ1v) is 6.24. The average molecular weight is 240 g/mol. The molecule has 0 N–H and O–H groups in total. The minimum atomic E-state index is 0.324. The van der Waals surface area contributed by atoms with Gasteiger partial charge in [-0.3, -0.25) is 0 Å². The van der Waals surface area contributed by atoms with Gasteiger partial charge in [0.15, 0.2) is 11.5 Å². The fraction of sp³-hybridized carbons (Fsp3) is 0.250. The minimum absolute atomic E-state index is 0.324. The zero-order valence-electron chi connectivity index (χ0n) is 10.6. The number of benzene rings is 2. The van der Waals surface area contributed by atoms with E-state index in [9.17, 15) is 0 Å². The van der Waals surface area contributed by atoms with Gasteiger partial charge in [0.2, 0.25) is 6.79 Å². The van der Waals surface area contributed by atoms with Crippen molar-refractivity contribution in [3.05, 3.63) is 48.0 Å². The highest BCUT2D eigenvalue weighted by molar-refractivity contribution is 5.67. The molecule has 0 unspecified atom stereocenters. The van der Waals surface area contributed by atoms with Crippen LogP contribution in [0.3, 0.4) is 0 Å². The lowest BCUT2D eigenvalue weighted by atomic mass is 9.99. The fourth-order valence-corrected chi connectivity index (χ4v) is 2.14. The van der Waals surface area contributed by atoms with Crippen molar-refractivity contribution in [2.45, 2.75) is 19.8 Å². The van der Waals surface area contributed by atoms with E-state index in [0.717, 1.165) is 17.1 Å². The molecule has 0 bridgehead atoms. The first-order chi connectivity index (χ1) is 8.74. The van der Waals surface area contributed by atoms with Gasteiger partial charge in [0, 0.05) is 0 Å². The van der Waals surface area contributed by atoms with Crippen molar-refractivity contribution >= 4 is 0 Å². The van der Waals surface area contributed by atoms with Crippen LogP contribution in [-0.2, 0) is 0 Å². The molecule has 18 heavy (non-hydrogen) atoms. The molecule has 0 fully saturated rings. The predicted octanol–water partition coefficient (Wildman–Crippen LogP) is 4.21. The van der Waals surface area contributed by atoms with Gasteiger partial charge in [-0.2, -0.15) is 0 Å². The Morgan fingerprint density at radius 3 is 2.22 bits per heavy atom. The van der Waals surface area contributed by atoms with Crippen LogP contribution in [0.15, 0.2) is 42.5 Å². The Bertz CT molecular complexity index is 556. The Morgan fingerprint density at radius 2 is 1.50 bits per heavy atom. The molecule has 1 heterocycles. The molecule has 0 aromatic heterocycles. The second-order valence-electron chi connectivity index (χ2n) is 4.84. The molecule has 2 aromatic rings. The third-order valence-corrected chi connectivity index (χ3v) is 3.28. The zero-order valence-corrected chi connectivity index (χ0v) is 10.6. The number of ether oxygens (including phenoxy) is 2. The molecule has 3 rings (SSSR count). The SMILES string of the molecule is CC(C)c1ccc(-c2ccc3c(c2)OCO3)cc1. The van der Waals surface area contributed by atoms with Crippen LogP contribution >= 0.6 is 0 Å². The lowest BCUT2D eigenvalue weighted by Crippen LogP contribution is -1.92. The Balaban J connectivity index is 1.95. The Morgan fingerprint density at radius 1 is 0.833 bits per heavy atom. The van der Waals surface area contributed by atoms with E-state index in [4.69, 9.17) is 9.47 Å². The summed E-state index contributed by atoms with van der Waals surface area (Å²) >= 11 is 0. The lowest BCUT2D eigenvalue weighted by molar-refractivity contribution is 0.174. The van der Waals surface area contributed by atoms with Gasteiger partial charge in [-0.05, 0) is 34.7 Å². The molecule has 0 amide bonds. The first kappa shape index (κ1) is 11.1. The molecule has 0 spiro atoms. The zero-order chi connectivity index (χ0) is 12.5. The van der Waals surface area contributed by atoms with Crippen molar-refractivity contribution in [1.29, 1.82) is 0 Å². The van der Waals surface area contributed by atoms with E-state index in [0.29, 0.717) is 12.7 Å². The van der Waals surface area contributed by atoms with Gasteiger partial charge >= 0.3 is 0 Å². The molecule has 92 valence electrons. The van der Waals surface area contributed by atoms with Crippen LogP contribution < -0.4 is 9.47 Å². The molecular formula is C16H16O2. The number of rotatable bonds is 2. The topological polar surface area (TPSA) is 18.5 Å². The summed E-state index contributed by atoms with van der Waals surface area (Å²) in [5, 5.41) is 0. The Labute approximate surface area is 107 Å². The largest absolute Gasteiger partial charge is 0.454 e. The van der Waals surface area contributed by atoms with Crippen molar-refractivity contribution < 1.29 is 9.47 Å². The van der Waals surface area contributed by atoms with Crippen molar-refractivity contribution in [1.82, 2.24) is 0 Å². The highest BCUT2D eigenvalue weighted by Crippen LogP contribution is 2.36. The average Bonchev–Trinajstić information content (AvgIpc) is 2.86. The third-order valence-electron chi connectivity index (χ3n) is 3.28. The highest BCUT2D eigenvalue weighted by Gasteiger charge is 2.13. The monoisotopic (exact) mass is 240 g/mol. The number of hydrogen-bond acceptors (Lipinski definition) is 2. The van der Waals surface area contributed by atoms with E-state index < -0.39 is 0 Å². The van der Waals surface area contributed by atoms with Gasteiger partial charge in [0.25, 0.3) is 0 Å².